The van der Waals surface area contributed by atoms with Crippen molar-refractivity contribution < 1.29 is 23.1 Å². The van der Waals surface area contributed by atoms with E-state index in [1.54, 1.807) is 0 Å². The summed E-state index contributed by atoms with van der Waals surface area (Å²) in [6, 6.07) is 13.3. The Hall–Kier alpha value is -3.47. The van der Waals surface area contributed by atoms with Gasteiger partial charge in [-0.2, -0.15) is 18.2 Å². The number of rotatable bonds is 3. The Labute approximate surface area is 187 Å². The van der Waals surface area contributed by atoms with Gasteiger partial charge in [-0.15, -0.1) is 10.2 Å². The maximum atomic E-state index is 13.7. The number of nitrogens with two attached hydrogens (primary N) is 2. The number of anilines is 1. The third-order valence-electron chi connectivity index (χ3n) is 6.06. The number of nitrogens with zero attached hydrogens (tertiary/aromatic N) is 4. The molecule has 2 aliphatic rings. The van der Waals surface area contributed by atoms with E-state index in [0.717, 1.165) is 11.3 Å². The van der Waals surface area contributed by atoms with Crippen molar-refractivity contribution in [1.29, 1.82) is 0 Å². The van der Waals surface area contributed by atoms with Crippen LogP contribution < -0.4 is 16.4 Å². The summed E-state index contributed by atoms with van der Waals surface area (Å²) in [6.45, 7) is 0.941. The molecule has 8 nitrogen and oxygen atoms in total. The Balaban J connectivity index is 1.52. The summed E-state index contributed by atoms with van der Waals surface area (Å²) in [7, 11) is 0. The molecule has 1 saturated heterocycles. The molecule has 1 amide bonds. The van der Waals surface area contributed by atoms with Gasteiger partial charge in [0.05, 0.1) is 17.7 Å². The lowest BCUT2D eigenvalue weighted by Crippen LogP contribution is -2.55. The predicted octanol–water partition coefficient (Wildman–Crippen LogP) is 2.15. The van der Waals surface area contributed by atoms with E-state index >= 15 is 0 Å². The molecule has 4 rings (SSSR count). The highest BCUT2D eigenvalue weighted by atomic mass is 19.4. The lowest BCUT2D eigenvalue weighted by atomic mass is 9.80. The molecule has 174 valence electrons. The standard InChI is InChI=1S/C22H23F3N6O2/c23-22(24,25)21(33)12-17(32)28-20(27)18(21)19(26)14-8-10-31(11-9-14)16-7-6-15(29-30-16)13-4-2-1-3-5-13/h1-7,14,33H,8-12,26H2,(H2,27,28,32). The predicted molar refractivity (Wildman–Crippen MR) is 116 cm³/mol. The monoisotopic (exact) mass is 460 g/mol. The van der Waals surface area contributed by atoms with Gasteiger partial charge in [0.15, 0.2) is 11.4 Å². The van der Waals surface area contributed by atoms with Gasteiger partial charge < -0.3 is 21.5 Å². The largest absolute Gasteiger partial charge is 0.422 e. The van der Waals surface area contributed by atoms with Gasteiger partial charge >= 0.3 is 6.18 Å². The van der Waals surface area contributed by atoms with Crippen molar-refractivity contribution in [2.45, 2.75) is 31.0 Å². The third kappa shape index (κ3) is 4.28. The number of alkyl halides is 3. The van der Waals surface area contributed by atoms with Crippen molar-refractivity contribution in [3.63, 3.8) is 0 Å². The number of amidine groups is 1. The highest BCUT2D eigenvalue weighted by molar-refractivity contribution is 6.09. The van der Waals surface area contributed by atoms with Crippen molar-refractivity contribution in [1.82, 2.24) is 10.2 Å². The second-order valence-electron chi connectivity index (χ2n) is 8.16. The molecule has 1 unspecified atom stereocenters. The molecule has 11 heteroatoms. The Kier molecular flexibility index (Phi) is 5.83. The molecule has 0 saturated carbocycles. The van der Waals surface area contributed by atoms with E-state index in [0.29, 0.717) is 31.7 Å². The summed E-state index contributed by atoms with van der Waals surface area (Å²) < 4.78 is 41.0. The molecule has 0 aliphatic carbocycles. The molecule has 0 radical (unpaired) electrons. The van der Waals surface area contributed by atoms with Crippen LogP contribution in [0.3, 0.4) is 0 Å². The van der Waals surface area contributed by atoms with Crippen LogP contribution in [0, 0.1) is 5.92 Å². The molecule has 33 heavy (non-hydrogen) atoms. The Bertz CT molecular complexity index is 1090. The van der Waals surface area contributed by atoms with E-state index in [1.807, 2.05) is 47.4 Å². The number of benzene rings is 1. The van der Waals surface area contributed by atoms with E-state index in [9.17, 15) is 23.1 Å². The molecule has 1 aromatic heterocycles. The first-order valence-electron chi connectivity index (χ1n) is 10.4. The smallest absolute Gasteiger partial charge is 0.401 e. The number of allylic oxidation sites excluding steroid dienone is 1. The van der Waals surface area contributed by atoms with Crippen LogP contribution in [0.5, 0.6) is 0 Å². The molecular weight excluding hydrogens is 437 g/mol. The van der Waals surface area contributed by atoms with E-state index in [4.69, 9.17) is 11.5 Å². The number of carbonyl (C=O) groups excluding carboxylic acids is 1. The molecule has 1 fully saturated rings. The maximum Gasteiger partial charge on any atom is 0.422 e. The van der Waals surface area contributed by atoms with Gasteiger partial charge in [-0.05, 0) is 25.0 Å². The van der Waals surface area contributed by atoms with Crippen molar-refractivity contribution in [2.24, 2.45) is 22.4 Å². The third-order valence-corrected chi connectivity index (χ3v) is 6.06. The fourth-order valence-electron chi connectivity index (χ4n) is 4.26. The molecule has 3 heterocycles. The van der Waals surface area contributed by atoms with Crippen LogP contribution in [0.4, 0.5) is 19.0 Å². The van der Waals surface area contributed by atoms with E-state index in [1.165, 1.54) is 0 Å². The minimum absolute atomic E-state index is 0.186. The summed E-state index contributed by atoms with van der Waals surface area (Å²) in [5, 5.41) is 18.9. The van der Waals surface area contributed by atoms with E-state index in [2.05, 4.69) is 15.2 Å². The summed E-state index contributed by atoms with van der Waals surface area (Å²) in [4.78, 5) is 17.0. The summed E-state index contributed by atoms with van der Waals surface area (Å²) in [5.74, 6) is -1.65. The average Bonchev–Trinajstić information content (AvgIpc) is 2.78. The number of halogens is 3. The molecule has 2 aromatic rings. The molecule has 1 aromatic carbocycles. The number of aliphatic hydroxyl groups is 1. The van der Waals surface area contributed by atoms with Gasteiger partial charge in [-0.25, -0.2) is 0 Å². The lowest BCUT2D eigenvalue weighted by molar-refractivity contribution is -0.244. The zero-order valence-corrected chi connectivity index (χ0v) is 17.6. The van der Waals surface area contributed by atoms with Gasteiger partial charge in [0.1, 0.15) is 5.84 Å². The van der Waals surface area contributed by atoms with Crippen LogP contribution in [0.15, 0.2) is 58.7 Å². The quantitative estimate of drug-likeness (QED) is 0.640. The SMILES string of the molecule is NC1=NC(=O)CC(O)(C(F)(F)F)C1=C(N)C1CCN(c2ccc(-c3ccccc3)nn2)CC1. The van der Waals surface area contributed by atoms with Gasteiger partial charge in [-0.1, -0.05) is 30.3 Å². The Morgan fingerprint density at radius 2 is 1.76 bits per heavy atom. The zero-order valence-electron chi connectivity index (χ0n) is 17.6. The van der Waals surface area contributed by atoms with Crippen LogP contribution in [0.1, 0.15) is 19.3 Å². The average molecular weight is 460 g/mol. The first-order chi connectivity index (χ1) is 15.6. The van der Waals surface area contributed by atoms with Crippen molar-refractivity contribution in [2.75, 3.05) is 18.0 Å². The normalized spacial score (nSPS) is 23.9. The van der Waals surface area contributed by atoms with Gasteiger partial charge in [-0.3, -0.25) is 4.79 Å². The first kappa shape index (κ1) is 22.7. The number of amides is 1. The maximum absolute atomic E-state index is 13.7. The topological polar surface area (TPSA) is 131 Å². The number of hydrogen-bond donors (Lipinski definition) is 3. The molecule has 1 atom stereocenters. The van der Waals surface area contributed by atoms with Crippen molar-refractivity contribution in [3.05, 3.63) is 53.7 Å². The van der Waals surface area contributed by atoms with Crippen molar-refractivity contribution >= 4 is 17.6 Å². The number of carbonyl (C=O) groups is 1. The summed E-state index contributed by atoms with van der Waals surface area (Å²) in [5.41, 5.74) is 9.06. The van der Waals surface area contributed by atoms with Gasteiger partial charge in [0, 0.05) is 30.3 Å². The Morgan fingerprint density at radius 1 is 1.09 bits per heavy atom. The zero-order chi connectivity index (χ0) is 23.8. The minimum atomic E-state index is -5.13. The van der Waals surface area contributed by atoms with Crippen LogP contribution in [0.25, 0.3) is 11.3 Å². The second kappa shape index (κ2) is 8.47. The van der Waals surface area contributed by atoms with Crippen LogP contribution in [0.2, 0.25) is 0 Å². The van der Waals surface area contributed by atoms with Crippen LogP contribution >= 0.6 is 0 Å². The van der Waals surface area contributed by atoms with Crippen molar-refractivity contribution in [3.8, 4) is 11.3 Å². The van der Waals surface area contributed by atoms with Crippen LogP contribution in [-0.2, 0) is 4.79 Å². The van der Waals surface area contributed by atoms with Crippen LogP contribution in [-0.4, -0.2) is 51.9 Å². The first-order valence-corrected chi connectivity index (χ1v) is 10.4. The lowest BCUT2D eigenvalue weighted by Gasteiger charge is -2.38. The minimum Gasteiger partial charge on any atom is -0.401 e. The van der Waals surface area contributed by atoms with E-state index < -0.39 is 41.4 Å². The highest BCUT2D eigenvalue weighted by Crippen LogP contribution is 2.43. The molecule has 2 aliphatic heterocycles. The molecule has 0 spiro atoms. The van der Waals surface area contributed by atoms with E-state index in [-0.39, 0.29) is 5.70 Å². The molecule has 5 N–H and O–H groups in total. The number of piperidine rings is 1. The van der Waals surface area contributed by atoms with Gasteiger partial charge in [0.2, 0.25) is 0 Å². The fraction of sp³-hybridized carbons (Fsp3) is 0.364. The van der Waals surface area contributed by atoms with Gasteiger partial charge in [0.25, 0.3) is 5.91 Å². The number of hydrogen-bond acceptors (Lipinski definition) is 7. The number of aromatic nitrogens is 2. The molecular formula is C22H23F3N6O2. The number of aliphatic imine (C=N–C) groups is 1. The molecule has 0 bridgehead atoms. The highest BCUT2D eigenvalue weighted by Gasteiger charge is 2.60. The second-order valence-corrected chi connectivity index (χ2v) is 8.16. The Morgan fingerprint density at radius 3 is 2.33 bits per heavy atom. The fourth-order valence-corrected chi connectivity index (χ4v) is 4.26. The summed E-state index contributed by atoms with van der Waals surface area (Å²) in [6.07, 6.45) is -5.55. The summed E-state index contributed by atoms with van der Waals surface area (Å²) >= 11 is 0.